The average molecular weight is 462 g/mol. The van der Waals surface area contributed by atoms with Gasteiger partial charge in [0, 0.05) is 25.9 Å². The number of hydrogen-bond acceptors (Lipinski definition) is 5. The third kappa shape index (κ3) is 4.33. The van der Waals surface area contributed by atoms with Crippen molar-refractivity contribution in [3.8, 4) is 0 Å². The molecule has 0 spiro atoms. The predicted molar refractivity (Wildman–Crippen MR) is 119 cm³/mol. The summed E-state index contributed by atoms with van der Waals surface area (Å²) >= 11 is 7.17. The second-order valence-electron chi connectivity index (χ2n) is 7.22. The van der Waals surface area contributed by atoms with Crippen molar-refractivity contribution in [3.05, 3.63) is 62.2 Å². The molecule has 0 aliphatic carbocycles. The molecular weight excluding hydrogens is 441 g/mol. The summed E-state index contributed by atoms with van der Waals surface area (Å²) in [6.07, 6.45) is 2.40. The number of rotatable bonds is 8. The van der Waals surface area contributed by atoms with E-state index in [1.807, 2.05) is 15.8 Å². The molecule has 1 N–H and O–H groups in total. The summed E-state index contributed by atoms with van der Waals surface area (Å²) in [4.78, 5) is 25.2. The van der Waals surface area contributed by atoms with Gasteiger partial charge in [0.05, 0.1) is 10.5 Å². The van der Waals surface area contributed by atoms with Crippen molar-refractivity contribution >= 4 is 44.8 Å². The van der Waals surface area contributed by atoms with Gasteiger partial charge in [0.25, 0.3) is 5.56 Å². The molecule has 0 radical (unpaired) electrons. The van der Waals surface area contributed by atoms with Crippen LogP contribution in [0.4, 0.5) is 4.39 Å². The highest BCUT2D eigenvalue weighted by molar-refractivity contribution is 7.17. The lowest BCUT2D eigenvalue weighted by Crippen LogP contribution is -2.24. The van der Waals surface area contributed by atoms with E-state index < -0.39 is 5.82 Å². The van der Waals surface area contributed by atoms with Crippen LogP contribution in [0.1, 0.15) is 37.6 Å². The molecular formula is C21H21ClFN5O2S. The number of fused-ring (bicyclic) bond motifs is 3. The van der Waals surface area contributed by atoms with Gasteiger partial charge in [0.2, 0.25) is 11.7 Å². The van der Waals surface area contributed by atoms with Crippen molar-refractivity contribution in [1.82, 2.24) is 24.5 Å². The first-order valence-corrected chi connectivity index (χ1v) is 11.3. The lowest BCUT2D eigenvalue weighted by Gasteiger charge is -2.09. The molecule has 0 aliphatic rings. The number of nitrogens with one attached hydrogen (secondary N) is 1. The zero-order chi connectivity index (χ0) is 22.0. The Morgan fingerprint density at radius 3 is 2.90 bits per heavy atom. The molecule has 0 saturated carbocycles. The van der Waals surface area contributed by atoms with E-state index in [4.69, 9.17) is 11.6 Å². The van der Waals surface area contributed by atoms with Crippen molar-refractivity contribution < 1.29 is 9.18 Å². The molecule has 0 saturated heterocycles. The van der Waals surface area contributed by atoms with Crippen LogP contribution in [-0.2, 0) is 24.3 Å². The summed E-state index contributed by atoms with van der Waals surface area (Å²) in [5.41, 5.74) is 1.42. The monoisotopic (exact) mass is 461 g/mol. The molecule has 0 aliphatic heterocycles. The molecule has 3 heterocycles. The highest BCUT2D eigenvalue weighted by Crippen LogP contribution is 2.21. The summed E-state index contributed by atoms with van der Waals surface area (Å²) in [6, 6.07) is 6.22. The highest BCUT2D eigenvalue weighted by Gasteiger charge is 2.17. The zero-order valence-electron chi connectivity index (χ0n) is 16.9. The van der Waals surface area contributed by atoms with Gasteiger partial charge in [0.1, 0.15) is 16.3 Å². The van der Waals surface area contributed by atoms with Gasteiger partial charge in [-0.3, -0.25) is 18.6 Å². The van der Waals surface area contributed by atoms with Crippen LogP contribution in [0.15, 0.2) is 34.4 Å². The van der Waals surface area contributed by atoms with Gasteiger partial charge in [-0.15, -0.1) is 21.5 Å². The Morgan fingerprint density at radius 2 is 2.13 bits per heavy atom. The van der Waals surface area contributed by atoms with Crippen LogP contribution in [0.5, 0.6) is 0 Å². The number of halogens is 2. The number of hydrogen-bond donors (Lipinski definition) is 1. The first-order valence-electron chi connectivity index (χ1n) is 10.0. The number of aryl methyl sites for hydroxylation is 2. The van der Waals surface area contributed by atoms with Crippen molar-refractivity contribution in [1.29, 1.82) is 0 Å². The van der Waals surface area contributed by atoms with E-state index in [9.17, 15) is 14.0 Å². The summed E-state index contributed by atoms with van der Waals surface area (Å²) < 4.78 is 17.4. The third-order valence-corrected chi connectivity index (χ3v) is 6.25. The molecule has 0 fully saturated rings. The van der Waals surface area contributed by atoms with E-state index in [1.54, 1.807) is 10.6 Å². The van der Waals surface area contributed by atoms with Gasteiger partial charge in [-0.2, -0.15) is 0 Å². The minimum atomic E-state index is -0.493. The summed E-state index contributed by atoms with van der Waals surface area (Å²) in [5.74, 6) is 0.468. The first kappa shape index (κ1) is 21.5. The van der Waals surface area contributed by atoms with Gasteiger partial charge in [-0.1, -0.05) is 31.0 Å². The van der Waals surface area contributed by atoms with Crippen LogP contribution in [0.2, 0.25) is 5.02 Å². The van der Waals surface area contributed by atoms with E-state index in [0.29, 0.717) is 34.8 Å². The van der Waals surface area contributed by atoms with Crippen molar-refractivity contribution in [2.75, 3.05) is 0 Å². The van der Waals surface area contributed by atoms with Crippen molar-refractivity contribution in [2.45, 2.75) is 45.7 Å². The number of benzene rings is 1. The van der Waals surface area contributed by atoms with Crippen molar-refractivity contribution in [3.63, 3.8) is 0 Å². The van der Waals surface area contributed by atoms with Crippen LogP contribution < -0.4 is 10.9 Å². The highest BCUT2D eigenvalue weighted by atomic mass is 35.5. The molecule has 0 bridgehead atoms. The van der Waals surface area contributed by atoms with Crippen LogP contribution >= 0.6 is 22.9 Å². The number of aromatic nitrogens is 4. The van der Waals surface area contributed by atoms with Crippen LogP contribution in [0.25, 0.3) is 16.0 Å². The normalized spacial score (nSPS) is 11.5. The maximum Gasteiger partial charge on any atom is 0.272 e. The summed E-state index contributed by atoms with van der Waals surface area (Å²) in [7, 11) is 0. The minimum absolute atomic E-state index is 0.0237. The predicted octanol–water partition coefficient (Wildman–Crippen LogP) is 3.95. The van der Waals surface area contributed by atoms with Crippen LogP contribution in [0, 0.1) is 5.82 Å². The Hall–Kier alpha value is -2.78. The Morgan fingerprint density at radius 1 is 1.29 bits per heavy atom. The van der Waals surface area contributed by atoms with Gasteiger partial charge < -0.3 is 5.32 Å². The number of amides is 1. The third-order valence-electron chi connectivity index (χ3n) is 5.06. The first-order chi connectivity index (χ1) is 15.0. The quantitative estimate of drug-likeness (QED) is 0.431. The maximum absolute atomic E-state index is 13.3. The summed E-state index contributed by atoms with van der Waals surface area (Å²) in [6.45, 7) is 2.90. The number of carbonyl (C=O) groups is 1. The van der Waals surface area contributed by atoms with Gasteiger partial charge >= 0.3 is 0 Å². The van der Waals surface area contributed by atoms with Gasteiger partial charge in [0.15, 0.2) is 0 Å². The van der Waals surface area contributed by atoms with Gasteiger partial charge in [-0.05, 0) is 35.6 Å². The lowest BCUT2D eigenvalue weighted by atomic mass is 10.2. The van der Waals surface area contributed by atoms with E-state index in [2.05, 4.69) is 22.4 Å². The fourth-order valence-electron chi connectivity index (χ4n) is 3.42. The number of carbonyl (C=O) groups excluding carboxylic acids is 1. The maximum atomic E-state index is 13.3. The van der Waals surface area contributed by atoms with Crippen LogP contribution in [0.3, 0.4) is 0 Å². The lowest BCUT2D eigenvalue weighted by molar-refractivity contribution is -0.121. The standard InChI is InChI=1S/C21H21ClFN5O2S/c1-2-3-9-27-20(30)19-16(8-10-31-19)28-17(25-26-21(27)28)6-7-18(29)24-12-13-4-5-15(23)14(22)11-13/h4-5,8,10-11H,2-3,6-7,9,12H2,1H3,(H,24,29). The van der Waals surface area contributed by atoms with E-state index >= 15 is 0 Å². The fraction of sp³-hybridized carbons (Fsp3) is 0.333. The molecule has 31 heavy (non-hydrogen) atoms. The molecule has 162 valence electrons. The molecule has 10 heteroatoms. The largest absolute Gasteiger partial charge is 0.352 e. The second-order valence-corrected chi connectivity index (χ2v) is 8.55. The number of nitrogens with zero attached hydrogens (tertiary/aromatic N) is 4. The molecule has 1 amide bonds. The van der Waals surface area contributed by atoms with E-state index in [0.717, 1.165) is 18.4 Å². The number of thiophene rings is 1. The second kappa shape index (κ2) is 9.15. The molecule has 3 aromatic heterocycles. The SMILES string of the molecule is CCCCn1c(=O)c2sccc2n2c(CCC(=O)NCc3ccc(F)c(Cl)c3)nnc12. The summed E-state index contributed by atoms with van der Waals surface area (Å²) in [5, 5.41) is 13.2. The smallest absolute Gasteiger partial charge is 0.272 e. The molecule has 7 nitrogen and oxygen atoms in total. The molecule has 4 rings (SSSR count). The topological polar surface area (TPSA) is 81.3 Å². The minimum Gasteiger partial charge on any atom is -0.352 e. The van der Waals surface area contributed by atoms with Gasteiger partial charge in [-0.25, -0.2) is 4.39 Å². The average Bonchev–Trinajstić information content (AvgIpc) is 3.40. The molecule has 4 aromatic rings. The van der Waals surface area contributed by atoms with Crippen LogP contribution in [-0.4, -0.2) is 25.1 Å². The van der Waals surface area contributed by atoms with Crippen molar-refractivity contribution in [2.24, 2.45) is 0 Å². The fourth-order valence-corrected chi connectivity index (χ4v) is 4.45. The Bertz CT molecular complexity index is 1310. The Kier molecular flexibility index (Phi) is 6.33. The Balaban J connectivity index is 1.52. The Labute approximate surface area is 186 Å². The zero-order valence-corrected chi connectivity index (χ0v) is 18.5. The molecule has 0 unspecified atom stereocenters. The number of unbranched alkanes of at least 4 members (excludes halogenated alkanes) is 1. The molecule has 0 atom stereocenters. The van der Waals surface area contributed by atoms with E-state index in [1.165, 1.54) is 23.5 Å². The molecule has 1 aromatic carbocycles. The van der Waals surface area contributed by atoms with E-state index in [-0.39, 0.29) is 29.5 Å².